The summed E-state index contributed by atoms with van der Waals surface area (Å²) >= 11 is 7.40. The van der Waals surface area contributed by atoms with E-state index in [9.17, 15) is 9.59 Å². The van der Waals surface area contributed by atoms with Gasteiger partial charge in [0.05, 0.1) is 29.5 Å². The Morgan fingerprint density at radius 2 is 1.85 bits per heavy atom. The average molecular weight is 492 g/mol. The SMILES string of the molecule is COc1ccccc1-n1c(SCC(=O)N2CCc3ccccc3C2)nc2cc(Cl)ccc2c1=O. The van der Waals surface area contributed by atoms with Crippen LogP contribution in [0, 0.1) is 0 Å². The highest BCUT2D eigenvalue weighted by Gasteiger charge is 2.22. The van der Waals surface area contributed by atoms with E-state index < -0.39 is 0 Å². The first-order chi connectivity index (χ1) is 16.5. The van der Waals surface area contributed by atoms with Crippen LogP contribution in [0.5, 0.6) is 5.75 Å². The molecule has 4 aromatic rings. The first kappa shape index (κ1) is 22.5. The van der Waals surface area contributed by atoms with Gasteiger partial charge in [0.15, 0.2) is 5.16 Å². The van der Waals surface area contributed by atoms with Gasteiger partial charge in [0.25, 0.3) is 5.56 Å². The van der Waals surface area contributed by atoms with Gasteiger partial charge in [0, 0.05) is 18.1 Å². The number of hydrogen-bond donors (Lipinski definition) is 0. The second kappa shape index (κ2) is 9.52. The minimum absolute atomic E-state index is 0.00604. The number of halogens is 1. The second-order valence-electron chi connectivity index (χ2n) is 7.99. The highest BCUT2D eigenvalue weighted by atomic mass is 35.5. The average Bonchev–Trinajstić information content (AvgIpc) is 2.87. The van der Waals surface area contributed by atoms with Crippen molar-refractivity contribution in [2.45, 2.75) is 18.1 Å². The quantitative estimate of drug-likeness (QED) is 0.298. The van der Waals surface area contributed by atoms with Crippen molar-refractivity contribution in [1.29, 1.82) is 0 Å². The molecule has 0 N–H and O–H groups in total. The zero-order valence-corrected chi connectivity index (χ0v) is 20.1. The highest BCUT2D eigenvalue weighted by Crippen LogP contribution is 2.28. The Bertz CT molecular complexity index is 1450. The predicted molar refractivity (Wildman–Crippen MR) is 135 cm³/mol. The number of carbonyl (C=O) groups excluding carboxylic acids is 1. The molecule has 1 aliphatic heterocycles. The molecule has 1 aliphatic rings. The summed E-state index contributed by atoms with van der Waals surface area (Å²) in [5.41, 5.74) is 3.29. The Hall–Kier alpha value is -3.29. The maximum absolute atomic E-state index is 13.5. The van der Waals surface area contributed by atoms with Crippen molar-refractivity contribution in [3.05, 3.63) is 93.2 Å². The standard InChI is InChI=1S/C26H22ClN3O3S/c1-33-23-9-5-4-8-22(23)30-25(32)20-11-10-19(27)14-21(20)28-26(30)34-16-24(31)29-13-12-17-6-2-3-7-18(17)15-29/h2-11,14H,12-13,15-16H2,1H3. The highest BCUT2D eigenvalue weighted by molar-refractivity contribution is 7.99. The van der Waals surface area contributed by atoms with Gasteiger partial charge in [-0.25, -0.2) is 4.98 Å². The van der Waals surface area contributed by atoms with Crippen molar-refractivity contribution >= 4 is 40.2 Å². The Kier molecular flexibility index (Phi) is 6.30. The number of nitrogens with zero attached hydrogens (tertiary/aromatic N) is 3. The minimum Gasteiger partial charge on any atom is -0.495 e. The molecule has 0 aliphatic carbocycles. The lowest BCUT2D eigenvalue weighted by atomic mass is 10.00. The van der Waals surface area contributed by atoms with Gasteiger partial charge in [-0.1, -0.05) is 59.8 Å². The fourth-order valence-corrected chi connectivity index (χ4v) is 5.26. The van der Waals surface area contributed by atoms with Crippen LogP contribution in [0.2, 0.25) is 5.02 Å². The van der Waals surface area contributed by atoms with Crippen molar-refractivity contribution < 1.29 is 9.53 Å². The second-order valence-corrected chi connectivity index (χ2v) is 9.37. The summed E-state index contributed by atoms with van der Waals surface area (Å²) in [6.07, 6.45) is 0.839. The molecule has 0 spiro atoms. The Labute approximate surface area is 206 Å². The molecule has 0 unspecified atom stereocenters. The molecule has 1 aromatic heterocycles. The third-order valence-corrected chi connectivity index (χ3v) is 7.09. The van der Waals surface area contributed by atoms with Crippen LogP contribution in [0.15, 0.2) is 76.7 Å². The predicted octanol–water partition coefficient (Wildman–Crippen LogP) is 4.72. The summed E-state index contributed by atoms with van der Waals surface area (Å²) < 4.78 is 7.01. The van der Waals surface area contributed by atoms with Crippen molar-refractivity contribution in [2.24, 2.45) is 0 Å². The van der Waals surface area contributed by atoms with Gasteiger partial charge in [0.1, 0.15) is 5.75 Å². The van der Waals surface area contributed by atoms with E-state index in [0.29, 0.717) is 45.6 Å². The Balaban J connectivity index is 1.50. The molecule has 1 amide bonds. The van der Waals surface area contributed by atoms with Gasteiger partial charge in [0.2, 0.25) is 5.91 Å². The van der Waals surface area contributed by atoms with Gasteiger partial charge in [-0.15, -0.1) is 0 Å². The molecule has 0 atom stereocenters. The maximum atomic E-state index is 13.5. The summed E-state index contributed by atoms with van der Waals surface area (Å²) in [6.45, 7) is 1.27. The molecule has 8 heteroatoms. The molecule has 6 nitrogen and oxygen atoms in total. The van der Waals surface area contributed by atoms with Crippen LogP contribution >= 0.6 is 23.4 Å². The molecular weight excluding hydrogens is 470 g/mol. The lowest BCUT2D eigenvalue weighted by Gasteiger charge is -2.28. The number of thioether (sulfide) groups is 1. The molecule has 172 valence electrons. The number of aromatic nitrogens is 2. The zero-order chi connectivity index (χ0) is 23.7. The summed E-state index contributed by atoms with van der Waals surface area (Å²) in [4.78, 5) is 33.2. The number of methoxy groups -OCH3 is 1. The van der Waals surface area contributed by atoms with Crippen LogP contribution in [0.4, 0.5) is 0 Å². The summed E-state index contributed by atoms with van der Waals surface area (Å²) in [7, 11) is 1.56. The molecule has 0 saturated heterocycles. The monoisotopic (exact) mass is 491 g/mol. The number of rotatable bonds is 5. The molecule has 0 saturated carbocycles. The molecule has 0 radical (unpaired) electrons. The number of fused-ring (bicyclic) bond motifs is 2. The molecule has 34 heavy (non-hydrogen) atoms. The minimum atomic E-state index is -0.243. The fraction of sp³-hybridized carbons (Fsp3) is 0.192. The number of carbonyl (C=O) groups is 1. The molecular formula is C26H22ClN3O3S. The van der Waals surface area contributed by atoms with Crippen LogP contribution < -0.4 is 10.3 Å². The largest absolute Gasteiger partial charge is 0.495 e. The van der Waals surface area contributed by atoms with Crippen molar-refractivity contribution in [3.8, 4) is 11.4 Å². The van der Waals surface area contributed by atoms with E-state index in [2.05, 4.69) is 12.1 Å². The lowest BCUT2D eigenvalue weighted by Crippen LogP contribution is -2.37. The third kappa shape index (κ3) is 4.29. The third-order valence-electron chi connectivity index (χ3n) is 5.93. The number of hydrogen-bond acceptors (Lipinski definition) is 5. The van der Waals surface area contributed by atoms with Crippen molar-refractivity contribution in [3.63, 3.8) is 0 Å². The van der Waals surface area contributed by atoms with E-state index in [4.69, 9.17) is 21.3 Å². The van der Waals surface area contributed by atoms with Crippen LogP contribution in [0.25, 0.3) is 16.6 Å². The van der Waals surface area contributed by atoms with Crippen LogP contribution in [0.1, 0.15) is 11.1 Å². The Morgan fingerprint density at radius 3 is 2.68 bits per heavy atom. The lowest BCUT2D eigenvalue weighted by molar-refractivity contribution is -0.129. The van der Waals surface area contributed by atoms with E-state index in [0.717, 1.165) is 6.42 Å². The fourth-order valence-electron chi connectivity index (χ4n) is 4.19. The van der Waals surface area contributed by atoms with E-state index in [-0.39, 0.29) is 17.2 Å². The number of amides is 1. The molecule has 0 bridgehead atoms. The first-order valence-corrected chi connectivity index (χ1v) is 12.2. The van der Waals surface area contributed by atoms with Crippen molar-refractivity contribution in [2.75, 3.05) is 19.4 Å². The molecule has 2 heterocycles. The maximum Gasteiger partial charge on any atom is 0.266 e. The summed E-state index contributed by atoms with van der Waals surface area (Å²) in [5, 5.41) is 1.35. The van der Waals surface area contributed by atoms with Gasteiger partial charge in [-0.3, -0.25) is 14.2 Å². The van der Waals surface area contributed by atoms with Crippen LogP contribution in [0.3, 0.4) is 0 Å². The molecule has 5 rings (SSSR count). The summed E-state index contributed by atoms with van der Waals surface area (Å²) in [6, 6.07) is 20.5. The van der Waals surface area contributed by atoms with Gasteiger partial charge < -0.3 is 9.64 Å². The van der Waals surface area contributed by atoms with Gasteiger partial charge in [-0.05, 0) is 47.9 Å². The van der Waals surface area contributed by atoms with E-state index in [1.807, 2.05) is 29.2 Å². The number of benzene rings is 3. The van der Waals surface area contributed by atoms with Gasteiger partial charge >= 0.3 is 0 Å². The zero-order valence-electron chi connectivity index (χ0n) is 18.5. The van der Waals surface area contributed by atoms with E-state index >= 15 is 0 Å². The van der Waals surface area contributed by atoms with Gasteiger partial charge in [-0.2, -0.15) is 0 Å². The number of ether oxygens (including phenoxy) is 1. The topological polar surface area (TPSA) is 64.4 Å². The normalized spacial score (nSPS) is 13.1. The molecule has 3 aromatic carbocycles. The molecule has 0 fully saturated rings. The van der Waals surface area contributed by atoms with Crippen LogP contribution in [-0.2, 0) is 17.8 Å². The van der Waals surface area contributed by atoms with E-state index in [1.54, 1.807) is 37.4 Å². The van der Waals surface area contributed by atoms with Crippen molar-refractivity contribution in [1.82, 2.24) is 14.5 Å². The van der Waals surface area contributed by atoms with E-state index in [1.165, 1.54) is 27.5 Å². The number of para-hydroxylation sites is 2. The summed E-state index contributed by atoms with van der Waals surface area (Å²) in [5.74, 6) is 0.711. The Morgan fingerprint density at radius 1 is 1.09 bits per heavy atom. The first-order valence-electron chi connectivity index (χ1n) is 10.9. The van der Waals surface area contributed by atoms with Crippen LogP contribution in [-0.4, -0.2) is 39.8 Å². The smallest absolute Gasteiger partial charge is 0.266 e.